The van der Waals surface area contributed by atoms with Crippen LogP contribution in [0.25, 0.3) is 11.4 Å². The summed E-state index contributed by atoms with van der Waals surface area (Å²) in [6.45, 7) is 5.72. The van der Waals surface area contributed by atoms with Crippen LogP contribution in [0.5, 0.6) is 0 Å². The number of aromatic nitrogens is 4. The first-order valence-corrected chi connectivity index (χ1v) is 10.9. The SMILES string of the molecule is Cl.Cl.Cl.Cn1c(N2CCN[C@@H](c3ccc(N4CCOCC4)cc3)C2)nc(-c2ccncn2)cc1=O. The van der Waals surface area contributed by atoms with Crippen LogP contribution in [0.15, 0.2) is 53.7 Å². The van der Waals surface area contributed by atoms with Crippen molar-refractivity contribution >= 4 is 48.9 Å². The predicted molar refractivity (Wildman–Crippen MR) is 145 cm³/mol. The lowest BCUT2D eigenvalue weighted by atomic mass is 10.0. The molecule has 4 heterocycles. The molecule has 0 amide bonds. The van der Waals surface area contributed by atoms with E-state index in [0.717, 1.165) is 45.9 Å². The lowest BCUT2D eigenvalue weighted by Gasteiger charge is -2.35. The second kappa shape index (κ2) is 13.0. The summed E-state index contributed by atoms with van der Waals surface area (Å²) in [5.41, 5.74) is 3.56. The van der Waals surface area contributed by atoms with Crippen molar-refractivity contribution in [3.63, 3.8) is 0 Å². The van der Waals surface area contributed by atoms with Crippen LogP contribution in [0.2, 0.25) is 0 Å². The Morgan fingerprint density at radius 1 is 0.971 bits per heavy atom. The first-order valence-electron chi connectivity index (χ1n) is 10.9. The Morgan fingerprint density at radius 2 is 1.71 bits per heavy atom. The molecule has 0 aliphatic carbocycles. The number of morpholine rings is 1. The van der Waals surface area contributed by atoms with Crippen LogP contribution in [0.4, 0.5) is 11.6 Å². The third kappa shape index (κ3) is 6.42. The maximum Gasteiger partial charge on any atom is 0.255 e. The van der Waals surface area contributed by atoms with Crippen molar-refractivity contribution in [3.05, 3.63) is 64.8 Å². The normalized spacial score (nSPS) is 17.6. The number of rotatable bonds is 4. The Balaban J connectivity index is 0.00000144. The van der Waals surface area contributed by atoms with Gasteiger partial charge in [-0.25, -0.2) is 15.0 Å². The van der Waals surface area contributed by atoms with Gasteiger partial charge in [-0.2, -0.15) is 0 Å². The first-order chi connectivity index (χ1) is 15.7. The van der Waals surface area contributed by atoms with E-state index in [4.69, 9.17) is 9.72 Å². The zero-order valence-corrected chi connectivity index (χ0v) is 21.8. The summed E-state index contributed by atoms with van der Waals surface area (Å²) in [6.07, 6.45) is 3.12. The monoisotopic (exact) mass is 541 g/mol. The Kier molecular flexibility index (Phi) is 10.7. The second-order valence-corrected chi connectivity index (χ2v) is 8.08. The summed E-state index contributed by atoms with van der Waals surface area (Å²) < 4.78 is 7.06. The lowest BCUT2D eigenvalue weighted by Crippen LogP contribution is -2.47. The third-order valence-corrected chi connectivity index (χ3v) is 6.09. The molecule has 0 radical (unpaired) electrons. The van der Waals surface area contributed by atoms with Crippen molar-refractivity contribution in [1.82, 2.24) is 24.8 Å². The van der Waals surface area contributed by atoms with Gasteiger partial charge in [0.05, 0.1) is 24.6 Å². The van der Waals surface area contributed by atoms with Crippen molar-refractivity contribution in [2.75, 3.05) is 55.7 Å². The topological polar surface area (TPSA) is 88.4 Å². The molecule has 3 aromatic rings. The molecule has 2 saturated heterocycles. The molecule has 2 aliphatic heterocycles. The van der Waals surface area contributed by atoms with Crippen LogP contribution in [0.1, 0.15) is 11.6 Å². The molecule has 5 rings (SSSR count). The van der Waals surface area contributed by atoms with Gasteiger partial charge in [0.2, 0.25) is 5.95 Å². The van der Waals surface area contributed by atoms with Crippen molar-refractivity contribution in [1.29, 1.82) is 0 Å². The first kappa shape index (κ1) is 28.8. The quantitative estimate of drug-likeness (QED) is 0.538. The van der Waals surface area contributed by atoms with Crippen molar-refractivity contribution in [3.8, 4) is 11.4 Å². The highest BCUT2D eigenvalue weighted by Gasteiger charge is 2.24. The van der Waals surface area contributed by atoms with Crippen molar-refractivity contribution in [2.24, 2.45) is 7.05 Å². The van der Waals surface area contributed by atoms with E-state index in [2.05, 4.69) is 49.4 Å². The van der Waals surface area contributed by atoms with Crippen LogP contribution in [0.3, 0.4) is 0 Å². The molecule has 1 N–H and O–H groups in total. The molecule has 0 unspecified atom stereocenters. The summed E-state index contributed by atoms with van der Waals surface area (Å²) in [7, 11) is 1.77. The van der Waals surface area contributed by atoms with Gasteiger partial charge in [0.25, 0.3) is 5.56 Å². The predicted octanol–water partition coefficient (Wildman–Crippen LogP) is 2.49. The molecule has 0 bridgehead atoms. The van der Waals surface area contributed by atoms with E-state index in [9.17, 15) is 4.79 Å². The second-order valence-electron chi connectivity index (χ2n) is 8.08. The zero-order valence-electron chi connectivity index (χ0n) is 19.4. The number of anilines is 2. The van der Waals surface area contributed by atoms with Crippen LogP contribution >= 0.6 is 37.2 Å². The number of nitrogens with one attached hydrogen (secondary N) is 1. The van der Waals surface area contributed by atoms with Crippen LogP contribution < -0.4 is 20.7 Å². The van der Waals surface area contributed by atoms with E-state index in [1.165, 1.54) is 23.6 Å². The highest BCUT2D eigenvalue weighted by atomic mass is 35.5. The van der Waals surface area contributed by atoms with E-state index in [-0.39, 0.29) is 48.8 Å². The molecule has 2 fully saturated rings. The van der Waals surface area contributed by atoms with Gasteiger partial charge in [-0.05, 0) is 23.8 Å². The molecule has 12 heteroatoms. The van der Waals surface area contributed by atoms with Gasteiger partial charge in [0.15, 0.2) is 0 Å². The molecule has 35 heavy (non-hydrogen) atoms. The van der Waals surface area contributed by atoms with Crippen molar-refractivity contribution in [2.45, 2.75) is 6.04 Å². The fourth-order valence-corrected chi connectivity index (χ4v) is 4.28. The standard InChI is InChI=1S/C23H27N7O2.3ClH/c1-28-22(31)14-20(19-6-7-24-16-26-19)27-23(28)30-9-8-25-21(15-30)17-2-4-18(5-3-17)29-10-12-32-13-11-29;;;/h2-7,14,16,21,25H,8-13,15H2,1H3;3*1H/t21-;;;/m1.../s1. The van der Waals surface area contributed by atoms with E-state index in [1.807, 2.05) is 0 Å². The van der Waals surface area contributed by atoms with Gasteiger partial charge in [-0.1, -0.05) is 12.1 Å². The minimum atomic E-state index is -0.103. The van der Waals surface area contributed by atoms with Crippen LogP contribution in [-0.4, -0.2) is 65.5 Å². The number of ether oxygens (including phenoxy) is 1. The molecule has 1 atom stereocenters. The van der Waals surface area contributed by atoms with Gasteiger partial charge in [0, 0.05) is 63.8 Å². The molecule has 1 aromatic carbocycles. The molecule has 0 saturated carbocycles. The number of piperazine rings is 1. The average molecular weight is 543 g/mol. The fraction of sp³-hybridized carbons (Fsp3) is 0.391. The van der Waals surface area contributed by atoms with Crippen LogP contribution in [-0.2, 0) is 11.8 Å². The van der Waals surface area contributed by atoms with Gasteiger partial charge in [-0.3, -0.25) is 9.36 Å². The maximum atomic E-state index is 12.6. The van der Waals surface area contributed by atoms with E-state index in [1.54, 1.807) is 23.9 Å². The number of nitrogens with zero attached hydrogens (tertiary/aromatic N) is 6. The largest absolute Gasteiger partial charge is 0.378 e. The number of hydrogen-bond acceptors (Lipinski definition) is 8. The van der Waals surface area contributed by atoms with Crippen LogP contribution in [0, 0.1) is 0 Å². The summed E-state index contributed by atoms with van der Waals surface area (Å²) in [6, 6.07) is 12.2. The Labute approximate surface area is 223 Å². The highest BCUT2D eigenvalue weighted by molar-refractivity contribution is 5.86. The smallest absolute Gasteiger partial charge is 0.255 e. The zero-order chi connectivity index (χ0) is 21.9. The van der Waals surface area contributed by atoms with Gasteiger partial charge in [0.1, 0.15) is 6.33 Å². The Hall–Kier alpha value is -2.43. The summed E-state index contributed by atoms with van der Waals surface area (Å²) >= 11 is 0. The molecule has 9 nitrogen and oxygen atoms in total. The third-order valence-electron chi connectivity index (χ3n) is 6.09. The number of halogens is 3. The summed E-state index contributed by atoms with van der Waals surface area (Å²) in [5.74, 6) is 0.655. The molecule has 2 aromatic heterocycles. The van der Waals surface area contributed by atoms with E-state index < -0.39 is 0 Å². The Bertz CT molecular complexity index is 1130. The molecule has 190 valence electrons. The Morgan fingerprint density at radius 3 is 2.40 bits per heavy atom. The van der Waals surface area contributed by atoms with Gasteiger partial charge >= 0.3 is 0 Å². The summed E-state index contributed by atoms with van der Waals surface area (Å²) in [5, 5.41) is 3.60. The molecule has 2 aliphatic rings. The summed E-state index contributed by atoms with van der Waals surface area (Å²) in [4.78, 5) is 30.1. The minimum absolute atomic E-state index is 0. The number of hydrogen-bond donors (Lipinski definition) is 1. The van der Waals surface area contributed by atoms with E-state index in [0.29, 0.717) is 17.3 Å². The molecule has 0 spiro atoms. The average Bonchev–Trinajstić information content (AvgIpc) is 2.87. The fourth-order valence-electron chi connectivity index (χ4n) is 4.28. The lowest BCUT2D eigenvalue weighted by molar-refractivity contribution is 0.122. The molecular weight excluding hydrogens is 513 g/mol. The van der Waals surface area contributed by atoms with Gasteiger partial charge < -0.3 is 19.9 Å². The minimum Gasteiger partial charge on any atom is -0.378 e. The maximum absolute atomic E-state index is 12.6. The number of benzene rings is 1. The van der Waals surface area contributed by atoms with E-state index >= 15 is 0 Å². The van der Waals surface area contributed by atoms with Crippen molar-refractivity contribution < 1.29 is 4.74 Å². The molecular formula is C23H30Cl3N7O2. The van der Waals surface area contributed by atoms with Gasteiger partial charge in [-0.15, -0.1) is 37.2 Å². The highest BCUT2D eigenvalue weighted by Crippen LogP contribution is 2.25.